The number of hydrogen-bond donors (Lipinski definition) is 1. The van der Waals surface area contributed by atoms with Crippen LogP contribution in [0.25, 0.3) is 0 Å². The molecule has 1 aromatic carbocycles. The van der Waals surface area contributed by atoms with Crippen molar-refractivity contribution in [3.63, 3.8) is 0 Å². The van der Waals surface area contributed by atoms with Gasteiger partial charge in [0, 0.05) is 24.8 Å². The van der Waals surface area contributed by atoms with E-state index in [2.05, 4.69) is 10.3 Å². The van der Waals surface area contributed by atoms with E-state index in [-0.39, 0.29) is 18.7 Å². The molecule has 0 atom stereocenters. The van der Waals surface area contributed by atoms with Crippen LogP contribution in [-0.2, 0) is 13.0 Å². The van der Waals surface area contributed by atoms with Crippen LogP contribution >= 0.6 is 0 Å². The molecule has 0 fully saturated rings. The van der Waals surface area contributed by atoms with E-state index < -0.39 is 11.6 Å². The Morgan fingerprint density at radius 3 is 2.88 bits per heavy atom. The summed E-state index contributed by atoms with van der Waals surface area (Å²) in [5, 5.41) is 16.3. The van der Waals surface area contributed by atoms with Gasteiger partial charge >= 0.3 is 0 Å². The van der Waals surface area contributed by atoms with Gasteiger partial charge in [-0.2, -0.15) is 0 Å². The zero-order chi connectivity index (χ0) is 12.3. The lowest BCUT2D eigenvalue weighted by molar-refractivity contribution is 0.298. The topological polar surface area (TPSA) is 50.9 Å². The molecular formula is C11H11F2N3O. The Bertz CT molecular complexity index is 513. The Morgan fingerprint density at radius 2 is 2.12 bits per heavy atom. The molecule has 0 aliphatic carbocycles. The van der Waals surface area contributed by atoms with Crippen molar-refractivity contribution in [1.29, 1.82) is 0 Å². The fraction of sp³-hybridized carbons (Fsp3) is 0.273. The normalized spacial score (nSPS) is 10.8. The van der Waals surface area contributed by atoms with Gasteiger partial charge in [0.05, 0.1) is 12.2 Å². The summed E-state index contributed by atoms with van der Waals surface area (Å²) in [7, 11) is 0. The number of aliphatic hydroxyl groups is 1. The number of halogens is 2. The van der Waals surface area contributed by atoms with Crippen molar-refractivity contribution in [3.8, 4) is 0 Å². The summed E-state index contributed by atoms with van der Waals surface area (Å²) in [6, 6.07) is 4.00. The van der Waals surface area contributed by atoms with Gasteiger partial charge in [0.25, 0.3) is 0 Å². The van der Waals surface area contributed by atoms with E-state index in [9.17, 15) is 8.78 Å². The molecule has 0 amide bonds. The van der Waals surface area contributed by atoms with Crippen LogP contribution in [0.3, 0.4) is 0 Å². The van der Waals surface area contributed by atoms with Crippen LogP contribution in [0.4, 0.5) is 8.78 Å². The highest BCUT2D eigenvalue weighted by Crippen LogP contribution is 2.12. The summed E-state index contributed by atoms with van der Waals surface area (Å²) in [6.45, 7) is 0.0923. The standard InChI is InChI=1S/C11H11F2N3O/c12-10-3-1-2-8(11(10)13)6-16-7-9(4-5-17)14-15-16/h1-3,7,17H,4-6H2. The predicted octanol–water partition coefficient (Wildman–Crippen LogP) is 1.14. The fourth-order valence-electron chi connectivity index (χ4n) is 1.49. The van der Waals surface area contributed by atoms with Crippen molar-refractivity contribution >= 4 is 0 Å². The van der Waals surface area contributed by atoms with Crippen LogP contribution < -0.4 is 0 Å². The molecule has 1 aromatic heterocycles. The highest BCUT2D eigenvalue weighted by molar-refractivity contribution is 5.19. The second-order valence-electron chi connectivity index (χ2n) is 3.59. The number of nitrogens with zero attached hydrogens (tertiary/aromatic N) is 3. The second kappa shape index (κ2) is 5.01. The van der Waals surface area contributed by atoms with Gasteiger partial charge in [-0.1, -0.05) is 17.3 Å². The Hall–Kier alpha value is -1.82. The molecular weight excluding hydrogens is 228 g/mol. The van der Waals surface area contributed by atoms with Gasteiger partial charge in [-0.15, -0.1) is 5.10 Å². The van der Waals surface area contributed by atoms with Crippen LogP contribution in [0.5, 0.6) is 0 Å². The molecule has 1 N–H and O–H groups in total. The van der Waals surface area contributed by atoms with Crippen molar-refractivity contribution in [2.24, 2.45) is 0 Å². The minimum absolute atomic E-state index is 0.0208. The Labute approximate surface area is 96.5 Å². The molecule has 0 radical (unpaired) electrons. The van der Waals surface area contributed by atoms with Crippen molar-refractivity contribution in [3.05, 3.63) is 47.3 Å². The van der Waals surface area contributed by atoms with Gasteiger partial charge in [-0.3, -0.25) is 0 Å². The molecule has 0 aliphatic rings. The number of rotatable bonds is 4. The summed E-state index contributed by atoms with van der Waals surface area (Å²) in [6.07, 6.45) is 1.99. The maximum absolute atomic E-state index is 13.4. The molecule has 2 aromatic rings. The van der Waals surface area contributed by atoms with E-state index >= 15 is 0 Å². The van der Waals surface area contributed by atoms with Crippen molar-refractivity contribution < 1.29 is 13.9 Å². The lowest BCUT2D eigenvalue weighted by Crippen LogP contribution is -2.04. The van der Waals surface area contributed by atoms with Gasteiger partial charge in [0.2, 0.25) is 0 Å². The van der Waals surface area contributed by atoms with Crippen molar-refractivity contribution in [2.75, 3.05) is 6.61 Å². The molecule has 1 heterocycles. The van der Waals surface area contributed by atoms with E-state index in [0.717, 1.165) is 6.07 Å². The van der Waals surface area contributed by atoms with Gasteiger partial charge in [-0.25, -0.2) is 13.5 Å². The molecule has 0 saturated carbocycles. The Balaban J connectivity index is 2.16. The number of hydrogen-bond acceptors (Lipinski definition) is 3. The summed E-state index contributed by atoms with van der Waals surface area (Å²) in [5.41, 5.74) is 0.828. The molecule has 90 valence electrons. The maximum atomic E-state index is 13.4. The summed E-state index contributed by atoms with van der Waals surface area (Å²) >= 11 is 0. The first-order chi connectivity index (χ1) is 8.20. The quantitative estimate of drug-likeness (QED) is 0.870. The Kier molecular flexibility index (Phi) is 3.43. The van der Waals surface area contributed by atoms with Crippen LogP contribution in [0.1, 0.15) is 11.3 Å². The molecule has 4 nitrogen and oxygen atoms in total. The molecule has 2 rings (SSSR count). The van der Waals surface area contributed by atoms with Gasteiger partial charge in [0.1, 0.15) is 0 Å². The van der Waals surface area contributed by atoms with Gasteiger partial charge < -0.3 is 5.11 Å². The first-order valence-electron chi connectivity index (χ1n) is 5.13. The molecule has 0 unspecified atom stereocenters. The van der Waals surface area contributed by atoms with Crippen molar-refractivity contribution in [2.45, 2.75) is 13.0 Å². The number of benzene rings is 1. The SMILES string of the molecule is OCCc1cn(Cc2cccc(F)c2F)nn1. The van der Waals surface area contributed by atoms with Gasteiger partial charge in [-0.05, 0) is 6.07 Å². The first kappa shape index (κ1) is 11.7. The predicted molar refractivity (Wildman–Crippen MR) is 56.3 cm³/mol. The molecule has 0 saturated heterocycles. The molecule has 6 heteroatoms. The highest BCUT2D eigenvalue weighted by atomic mass is 19.2. The highest BCUT2D eigenvalue weighted by Gasteiger charge is 2.09. The van der Waals surface area contributed by atoms with Gasteiger partial charge in [0.15, 0.2) is 11.6 Å². The minimum atomic E-state index is -0.877. The van der Waals surface area contributed by atoms with E-state index in [1.54, 1.807) is 6.20 Å². The fourth-order valence-corrected chi connectivity index (χ4v) is 1.49. The zero-order valence-corrected chi connectivity index (χ0v) is 8.98. The average molecular weight is 239 g/mol. The zero-order valence-electron chi connectivity index (χ0n) is 8.98. The molecule has 17 heavy (non-hydrogen) atoms. The smallest absolute Gasteiger partial charge is 0.163 e. The van der Waals surface area contributed by atoms with E-state index in [0.29, 0.717) is 12.1 Å². The average Bonchev–Trinajstić information content (AvgIpc) is 2.73. The third-order valence-corrected chi connectivity index (χ3v) is 2.32. The molecule has 0 aliphatic heterocycles. The largest absolute Gasteiger partial charge is 0.396 e. The maximum Gasteiger partial charge on any atom is 0.163 e. The summed E-state index contributed by atoms with van der Waals surface area (Å²) in [4.78, 5) is 0. The second-order valence-corrected chi connectivity index (χ2v) is 3.59. The number of aromatic nitrogens is 3. The molecule has 0 bridgehead atoms. The monoisotopic (exact) mass is 239 g/mol. The third-order valence-electron chi connectivity index (χ3n) is 2.32. The van der Waals surface area contributed by atoms with Crippen LogP contribution in [0.2, 0.25) is 0 Å². The van der Waals surface area contributed by atoms with Crippen molar-refractivity contribution in [1.82, 2.24) is 15.0 Å². The first-order valence-corrected chi connectivity index (χ1v) is 5.13. The van der Waals surface area contributed by atoms with Crippen LogP contribution in [0, 0.1) is 11.6 Å². The lowest BCUT2D eigenvalue weighted by Gasteiger charge is -2.02. The van der Waals surface area contributed by atoms with E-state index in [1.165, 1.54) is 16.8 Å². The van der Waals surface area contributed by atoms with E-state index in [1.807, 2.05) is 0 Å². The number of aliphatic hydroxyl groups excluding tert-OH is 1. The molecule has 0 spiro atoms. The summed E-state index contributed by atoms with van der Waals surface area (Å²) in [5.74, 6) is -1.75. The lowest BCUT2D eigenvalue weighted by atomic mass is 10.2. The van der Waals surface area contributed by atoms with Crippen LogP contribution in [0.15, 0.2) is 24.4 Å². The Morgan fingerprint density at radius 1 is 1.29 bits per heavy atom. The minimum Gasteiger partial charge on any atom is -0.396 e. The van der Waals surface area contributed by atoms with E-state index in [4.69, 9.17) is 5.11 Å². The summed E-state index contributed by atoms with van der Waals surface area (Å²) < 4.78 is 27.7. The third kappa shape index (κ3) is 2.65. The van der Waals surface area contributed by atoms with Crippen LogP contribution in [-0.4, -0.2) is 26.7 Å².